The van der Waals surface area contributed by atoms with Crippen molar-refractivity contribution in [1.29, 1.82) is 0 Å². The number of benzene rings is 1. The van der Waals surface area contributed by atoms with Crippen LogP contribution in [0.3, 0.4) is 0 Å². The molecule has 0 radical (unpaired) electrons. The fourth-order valence-corrected chi connectivity index (χ4v) is 2.10. The number of nitrogens with one attached hydrogen (secondary N) is 1. The van der Waals surface area contributed by atoms with Crippen molar-refractivity contribution in [3.05, 3.63) is 28.4 Å². The molecule has 8 heteroatoms. The molecule has 6 nitrogen and oxygen atoms in total. The van der Waals surface area contributed by atoms with Crippen LogP contribution >= 0.6 is 23.2 Å². The Balaban J connectivity index is 2.04. The van der Waals surface area contributed by atoms with E-state index >= 15 is 0 Å². The molecule has 0 unspecified atom stereocenters. The number of aromatic nitrogens is 5. The van der Waals surface area contributed by atoms with E-state index in [-0.39, 0.29) is 0 Å². The number of nitrogens with zero attached hydrogens (tertiary/aromatic N) is 4. The highest BCUT2D eigenvalue weighted by atomic mass is 35.5. The second-order valence-corrected chi connectivity index (χ2v) is 4.84. The Morgan fingerprint density at radius 3 is 2.84 bits per heavy atom. The van der Waals surface area contributed by atoms with E-state index in [0.717, 1.165) is 11.0 Å². The highest BCUT2D eigenvalue weighted by molar-refractivity contribution is 6.42. The van der Waals surface area contributed by atoms with E-state index in [1.165, 1.54) is 0 Å². The molecule has 0 fully saturated rings. The fourth-order valence-electron chi connectivity index (χ4n) is 1.77. The molecular formula is C11H10Cl2N6. The van der Waals surface area contributed by atoms with Crippen molar-refractivity contribution in [2.24, 2.45) is 5.73 Å². The summed E-state index contributed by atoms with van der Waals surface area (Å²) < 4.78 is 1.67. The summed E-state index contributed by atoms with van der Waals surface area (Å²) in [6, 6.07) is 3.45. The molecule has 2 heterocycles. The lowest BCUT2D eigenvalue weighted by molar-refractivity contribution is 0.598. The Kier molecular flexibility index (Phi) is 3.14. The van der Waals surface area contributed by atoms with Crippen molar-refractivity contribution in [1.82, 2.24) is 25.0 Å². The summed E-state index contributed by atoms with van der Waals surface area (Å²) in [4.78, 5) is 7.55. The van der Waals surface area contributed by atoms with E-state index in [4.69, 9.17) is 28.9 Å². The number of halogens is 2. The predicted octanol–water partition coefficient (Wildman–Crippen LogP) is 2.09. The van der Waals surface area contributed by atoms with Crippen molar-refractivity contribution in [3.63, 3.8) is 0 Å². The standard InChI is InChI=1S/C11H10Cl2N6/c12-6-3-8-9(4-7(6)13)16-11(15-8)10-5-19(2-1-14)18-17-10/h3-5H,1-2,14H2,(H,15,16). The first-order chi connectivity index (χ1) is 9.17. The zero-order valence-corrected chi connectivity index (χ0v) is 11.3. The van der Waals surface area contributed by atoms with Gasteiger partial charge in [0.05, 0.1) is 33.8 Å². The first-order valence-corrected chi connectivity index (χ1v) is 6.38. The van der Waals surface area contributed by atoms with Gasteiger partial charge in [0.2, 0.25) is 0 Å². The lowest BCUT2D eigenvalue weighted by Crippen LogP contribution is -2.10. The van der Waals surface area contributed by atoms with Crippen LogP contribution in [0.15, 0.2) is 18.3 Å². The third-order valence-corrected chi connectivity index (χ3v) is 3.39. The van der Waals surface area contributed by atoms with Gasteiger partial charge in [0, 0.05) is 6.54 Å². The van der Waals surface area contributed by atoms with E-state index in [1.54, 1.807) is 23.0 Å². The number of hydrogen-bond donors (Lipinski definition) is 2. The second kappa shape index (κ2) is 4.80. The topological polar surface area (TPSA) is 85.4 Å². The summed E-state index contributed by atoms with van der Waals surface area (Å²) in [6.45, 7) is 1.12. The molecule has 98 valence electrons. The van der Waals surface area contributed by atoms with Gasteiger partial charge in [0.1, 0.15) is 5.69 Å². The van der Waals surface area contributed by atoms with Crippen molar-refractivity contribution in [3.8, 4) is 11.5 Å². The third-order valence-electron chi connectivity index (χ3n) is 2.66. The molecule has 2 aromatic heterocycles. The first kappa shape index (κ1) is 12.4. The lowest BCUT2D eigenvalue weighted by atomic mass is 10.3. The number of fused-ring (bicyclic) bond motifs is 1. The van der Waals surface area contributed by atoms with Gasteiger partial charge in [-0.2, -0.15) is 0 Å². The molecule has 3 N–H and O–H groups in total. The minimum Gasteiger partial charge on any atom is -0.336 e. The van der Waals surface area contributed by atoms with Crippen LogP contribution in [0.4, 0.5) is 0 Å². The molecule has 0 amide bonds. The Morgan fingerprint density at radius 2 is 2.05 bits per heavy atom. The number of hydrogen-bond acceptors (Lipinski definition) is 4. The van der Waals surface area contributed by atoms with Gasteiger partial charge < -0.3 is 10.7 Å². The quantitative estimate of drug-likeness (QED) is 0.775. The summed E-state index contributed by atoms with van der Waals surface area (Å²) in [6.07, 6.45) is 1.79. The minimum atomic E-state index is 0.471. The molecule has 0 saturated heterocycles. The predicted molar refractivity (Wildman–Crippen MR) is 74.2 cm³/mol. The highest BCUT2D eigenvalue weighted by Crippen LogP contribution is 2.28. The molecule has 3 rings (SSSR count). The summed E-state index contributed by atoms with van der Waals surface area (Å²) in [5.41, 5.74) is 7.65. The number of rotatable bonds is 3. The van der Waals surface area contributed by atoms with E-state index in [1.807, 2.05) is 0 Å². The van der Waals surface area contributed by atoms with Crippen LogP contribution in [0.5, 0.6) is 0 Å². The minimum absolute atomic E-state index is 0.471. The fraction of sp³-hybridized carbons (Fsp3) is 0.182. The Morgan fingerprint density at radius 1 is 1.26 bits per heavy atom. The van der Waals surface area contributed by atoms with E-state index in [9.17, 15) is 0 Å². The molecule has 19 heavy (non-hydrogen) atoms. The van der Waals surface area contributed by atoms with Crippen LogP contribution in [0, 0.1) is 0 Å². The number of H-pyrrole nitrogens is 1. The maximum Gasteiger partial charge on any atom is 0.160 e. The number of aromatic amines is 1. The average molecular weight is 297 g/mol. The largest absolute Gasteiger partial charge is 0.336 e. The molecule has 0 aliphatic heterocycles. The van der Waals surface area contributed by atoms with Crippen molar-refractivity contribution in [2.45, 2.75) is 6.54 Å². The van der Waals surface area contributed by atoms with Gasteiger partial charge in [-0.05, 0) is 12.1 Å². The highest BCUT2D eigenvalue weighted by Gasteiger charge is 2.11. The normalized spacial score (nSPS) is 11.3. The zero-order chi connectivity index (χ0) is 13.4. The van der Waals surface area contributed by atoms with Crippen molar-refractivity contribution >= 4 is 34.2 Å². The average Bonchev–Trinajstić information content (AvgIpc) is 2.97. The van der Waals surface area contributed by atoms with Gasteiger partial charge >= 0.3 is 0 Å². The van der Waals surface area contributed by atoms with Gasteiger partial charge in [0.25, 0.3) is 0 Å². The van der Waals surface area contributed by atoms with Crippen molar-refractivity contribution in [2.75, 3.05) is 6.54 Å². The van der Waals surface area contributed by atoms with Crippen LogP contribution in [0.25, 0.3) is 22.6 Å². The second-order valence-electron chi connectivity index (χ2n) is 4.02. The molecule has 0 bridgehead atoms. The molecular weight excluding hydrogens is 287 g/mol. The lowest BCUT2D eigenvalue weighted by Gasteiger charge is -1.93. The maximum atomic E-state index is 5.96. The Bertz CT molecular complexity index is 693. The summed E-state index contributed by atoms with van der Waals surface area (Å²) in [5.74, 6) is 0.622. The molecule has 0 spiro atoms. The van der Waals surface area contributed by atoms with Gasteiger partial charge in [-0.15, -0.1) is 5.10 Å². The van der Waals surface area contributed by atoms with Crippen LogP contribution in [0.1, 0.15) is 0 Å². The van der Waals surface area contributed by atoms with Gasteiger partial charge in [-0.3, -0.25) is 4.68 Å². The molecule has 0 atom stereocenters. The summed E-state index contributed by atoms with van der Waals surface area (Å²) in [5, 5.41) is 8.96. The molecule has 0 aliphatic rings. The molecule has 0 saturated carbocycles. The third kappa shape index (κ3) is 2.30. The SMILES string of the molecule is NCCn1cc(-c2nc3cc(Cl)c(Cl)cc3[nH]2)nn1. The summed E-state index contributed by atoms with van der Waals surface area (Å²) >= 11 is 11.9. The van der Waals surface area contributed by atoms with E-state index in [0.29, 0.717) is 34.7 Å². The first-order valence-electron chi connectivity index (χ1n) is 5.62. The van der Waals surface area contributed by atoms with Gasteiger partial charge in [-0.25, -0.2) is 4.98 Å². The maximum absolute atomic E-state index is 5.96. The molecule has 1 aromatic carbocycles. The number of nitrogens with two attached hydrogens (primary N) is 1. The number of imidazole rings is 1. The van der Waals surface area contributed by atoms with E-state index in [2.05, 4.69) is 20.3 Å². The van der Waals surface area contributed by atoms with Crippen LogP contribution in [-0.4, -0.2) is 31.5 Å². The van der Waals surface area contributed by atoms with Crippen LogP contribution < -0.4 is 5.73 Å². The van der Waals surface area contributed by atoms with Gasteiger partial charge in [0.15, 0.2) is 5.82 Å². The van der Waals surface area contributed by atoms with Crippen molar-refractivity contribution < 1.29 is 0 Å². The smallest absolute Gasteiger partial charge is 0.160 e. The van der Waals surface area contributed by atoms with Crippen LogP contribution in [0.2, 0.25) is 10.0 Å². The van der Waals surface area contributed by atoms with Gasteiger partial charge in [-0.1, -0.05) is 28.4 Å². The Hall–Kier alpha value is -1.63. The zero-order valence-electron chi connectivity index (χ0n) is 9.77. The Labute approximate surface area is 118 Å². The summed E-state index contributed by atoms with van der Waals surface area (Å²) in [7, 11) is 0. The molecule has 0 aliphatic carbocycles. The molecule has 3 aromatic rings. The van der Waals surface area contributed by atoms with E-state index < -0.39 is 0 Å². The monoisotopic (exact) mass is 296 g/mol. The van der Waals surface area contributed by atoms with Crippen LogP contribution in [-0.2, 0) is 6.54 Å².